The molecule has 21 heavy (non-hydrogen) atoms. The molecule has 0 spiro atoms. The van der Waals surface area contributed by atoms with Crippen LogP contribution in [-0.2, 0) is 4.79 Å². The summed E-state index contributed by atoms with van der Waals surface area (Å²) in [6.45, 7) is 2.27. The summed E-state index contributed by atoms with van der Waals surface area (Å²) in [4.78, 5) is 10.3. The summed E-state index contributed by atoms with van der Waals surface area (Å²) in [7, 11) is 0. The van der Waals surface area contributed by atoms with E-state index in [4.69, 9.17) is 5.11 Å². The topological polar surface area (TPSA) is 37.3 Å². The van der Waals surface area contributed by atoms with Gasteiger partial charge in [-0.05, 0) is 6.42 Å². The van der Waals surface area contributed by atoms with Gasteiger partial charge in [-0.25, -0.2) is 0 Å². The van der Waals surface area contributed by atoms with Gasteiger partial charge >= 0.3 is 5.97 Å². The fraction of sp³-hybridized carbons (Fsp3) is 0.944. The molecule has 0 aromatic rings. The van der Waals surface area contributed by atoms with E-state index in [1.165, 1.54) is 83.5 Å². The molecule has 0 aromatic carbocycles. The van der Waals surface area contributed by atoms with Gasteiger partial charge in [-0.2, -0.15) is 0 Å². The smallest absolute Gasteiger partial charge is 0.303 e. The zero-order valence-electron chi connectivity index (χ0n) is 14.2. The van der Waals surface area contributed by atoms with E-state index in [0.29, 0.717) is 6.42 Å². The fourth-order valence-corrected chi connectivity index (χ4v) is 2.65. The van der Waals surface area contributed by atoms with E-state index in [9.17, 15) is 4.79 Å². The normalized spacial score (nSPS) is 10.3. The lowest BCUT2D eigenvalue weighted by Gasteiger charge is -2.03. The number of carbonyl (C=O) groups is 1. The first kappa shape index (κ1) is 22.8. The van der Waals surface area contributed by atoms with Crippen molar-refractivity contribution in [1.82, 2.24) is 0 Å². The third-order valence-corrected chi connectivity index (χ3v) is 3.99. The van der Waals surface area contributed by atoms with Crippen molar-refractivity contribution in [3.63, 3.8) is 0 Å². The first-order chi connectivity index (χ1) is 9.77. The van der Waals surface area contributed by atoms with Crippen molar-refractivity contribution in [2.45, 2.75) is 110 Å². The molecule has 0 bridgehead atoms. The van der Waals surface area contributed by atoms with Crippen molar-refractivity contribution in [3.05, 3.63) is 0 Å². The average molecular weight is 295 g/mol. The van der Waals surface area contributed by atoms with Crippen molar-refractivity contribution in [2.24, 2.45) is 0 Å². The highest BCUT2D eigenvalue weighted by Crippen LogP contribution is 2.13. The summed E-state index contributed by atoms with van der Waals surface area (Å²) in [5, 5.41) is 8.52. The quantitative estimate of drug-likeness (QED) is 0.282. The molecule has 0 aliphatic heterocycles. The molecule has 0 aliphatic carbocycles. The number of rotatable bonds is 16. The first-order valence-electron chi connectivity index (χ1n) is 8.99. The van der Waals surface area contributed by atoms with Crippen LogP contribution < -0.4 is 0 Å². The zero-order chi connectivity index (χ0) is 14.9. The lowest BCUT2D eigenvalue weighted by molar-refractivity contribution is -0.137. The van der Waals surface area contributed by atoms with Gasteiger partial charge in [0.15, 0.2) is 0 Å². The molecule has 0 saturated heterocycles. The standard InChI is InChI=1S/C18H36O2.B/c1-2-3-4-5-6-7-8-9-10-11-12-13-14-15-16-17-18(19)20;/h2-17H2,1H3,(H,19,20);. The van der Waals surface area contributed by atoms with Gasteiger partial charge < -0.3 is 5.11 Å². The van der Waals surface area contributed by atoms with Gasteiger partial charge in [-0.15, -0.1) is 0 Å². The van der Waals surface area contributed by atoms with Gasteiger partial charge in [0.25, 0.3) is 0 Å². The van der Waals surface area contributed by atoms with Gasteiger partial charge in [0, 0.05) is 14.8 Å². The minimum absolute atomic E-state index is 0. The summed E-state index contributed by atoms with van der Waals surface area (Å²) in [5.41, 5.74) is 0. The molecule has 0 aliphatic rings. The Morgan fingerprint density at radius 3 is 1.19 bits per heavy atom. The summed E-state index contributed by atoms with van der Waals surface area (Å²) in [6.07, 6.45) is 20.2. The van der Waals surface area contributed by atoms with Crippen LogP contribution in [-0.4, -0.2) is 19.5 Å². The Balaban J connectivity index is 0. The van der Waals surface area contributed by atoms with Crippen molar-refractivity contribution < 1.29 is 9.90 Å². The van der Waals surface area contributed by atoms with E-state index in [0.717, 1.165) is 12.8 Å². The summed E-state index contributed by atoms with van der Waals surface area (Å²) in [6, 6.07) is 0. The second-order valence-electron chi connectivity index (χ2n) is 6.09. The van der Waals surface area contributed by atoms with Crippen LogP contribution >= 0.6 is 0 Å². The maximum Gasteiger partial charge on any atom is 0.303 e. The van der Waals surface area contributed by atoms with E-state index in [1.807, 2.05) is 0 Å². The molecule has 0 atom stereocenters. The van der Waals surface area contributed by atoms with E-state index >= 15 is 0 Å². The molecule has 0 aromatic heterocycles. The van der Waals surface area contributed by atoms with Crippen LogP contribution in [0.3, 0.4) is 0 Å². The van der Waals surface area contributed by atoms with Gasteiger partial charge in [0.2, 0.25) is 0 Å². The van der Waals surface area contributed by atoms with Crippen molar-refractivity contribution >= 4 is 14.4 Å². The fourth-order valence-electron chi connectivity index (χ4n) is 2.65. The predicted molar refractivity (Wildman–Crippen MR) is 92.9 cm³/mol. The Morgan fingerprint density at radius 1 is 0.619 bits per heavy atom. The SMILES string of the molecule is CCCCCCCCCCCCCCCCCC(=O)O.[B]. The second kappa shape index (κ2) is 19.5. The Morgan fingerprint density at radius 2 is 0.905 bits per heavy atom. The van der Waals surface area contributed by atoms with Crippen molar-refractivity contribution in [3.8, 4) is 0 Å². The van der Waals surface area contributed by atoms with Gasteiger partial charge in [0.1, 0.15) is 0 Å². The molecular formula is C18H36BO2. The minimum Gasteiger partial charge on any atom is -0.481 e. The number of aliphatic carboxylic acids is 1. The number of carboxylic acids is 1. The highest BCUT2D eigenvalue weighted by Gasteiger charge is 1.97. The number of hydrogen-bond acceptors (Lipinski definition) is 1. The molecule has 3 heteroatoms. The molecule has 2 nitrogen and oxygen atoms in total. The second-order valence-corrected chi connectivity index (χ2v) is 6.09. The molecule has 0 rings (SSSR count). The van der Waals surface area contributed by atoms with Crippen LogP contribution in [0.1, 0.15) is 110 Å². The van der Waals surface area contributed by atoms with E-state index in [-0.39, 0.29) is 8.41 Å². The zero-order valence-corrected chi connectivity index (χ0v) is 14.2. The van der Waals surface area contributed by atoms with Gasteiger partial charge in [-0.1, -0.05) is 96.8 Å². The molecular weight excluding hydrogens is 259 g/mol. The molecule has 3 radical (unpaired) electrons. The lowest BCUT2D eigenvalue weighted by Crippen LogP contribution is -1.93. The average Bonchev–Trinajstić information content (AvgIpc) is 2.43. The summed E-state index contributed by atoms with van der Waals surface area (Å²) < 4.78 is 0. The Kier molecular flexibility index (Phi) is 21.2. The highest BCUT2D eigenvalue weighted by atomic mass is 16.4. The molecule has 0 amide bonds. The molecule has 0 fully saturated rings. The number of hydrogen-bond donors (Lipinski definition) is 1. The third-order valence-electron chi connectivity index (χ3n) is 3.99. The van der Waals surface area contributed by atoms with Crippen LogP contribution in [0.4, 0.5) is 0 Å². The van der Waals surface area contributed by atoms with E-state index < -0.39 is 5.97 Å². The molecule has 1 N–H and O–H groups in total. The van der Waals surface area contributed by atoms with Crippen LogP contribution in [0, 0.1) is 0 Å². The highest BCUT2D eigenvalue weighted by molar-refractivity contribution is 5.75. The maximum atomic E-state index is 10.3. The summed E-state index contributed by atoms with van der Waals surface area (Å²) >= 11 is 0. The van der Waals surface area contributed by atoms with Gasteiger partial charge in [0.05, 0.1) is 0 Å². The molecule has 0 heterocycles. The van der Waals surface area contributed by atoms with Crippen LogP contribution in [0.5, 0.6) is 0 Å². The van der Waals surface area contributed by atoms with Crippen molar-refractivity contribution in [2.75, 3.05) is 0 Å². The van der Waals surface area contributed by atoms with Crippen LogP contribution in [0.25, 0.3) is 0 Å². The van der Waals surface area contributed by atoms with Crippen LogP contribution in [0.15, 0.2) is 0 Å². The molecule has 123 valence electrons. The minimum atomic E-state index is -0.653. The van der Waals surface area contributed by atoms with Gasteiger partial charge in [-0.3, -0.25) is 4.79 Å². The maximum absolute atomic E-state index is 10.3. The van der Waals surface area contributed by atoms with Crippen molar-refractivity contribution in [1.29, 1.82) is 0 Å². The van der Waals surface area contributed by atoms with E-state index in [1.54, 1.807) is 0 Å². The third kappa shape index (κ3) is 22.0. The summed E-state index contributed by atoms with van der Waals surface area (Å²) in [5.74, 6) is -0.653. The Labute approximate surface area is 134 Å². The lowest BCUT2D eigenvalue weighted by atomic mass is 10.0. The Hall–Kier alpha value is -0.465. The largest absolute Gasteiger partial charge is 0.481 e. The molecule has 0 unspecified atom stereocenters. The predicted octanol–water partition coefficient (Wildman–Crippen LogP) is 5.95. The monoisotopic (exact) mass is 295 g/mol. The van der Waals surface area contributed by atoms with E-state index in [2.05, 4.69) is 6.92 Å². The first-order valence-corrected chi connectivity index (χ1v) is 8.99. The Bertz CT molecular complexity index is 207. The van der Waals surface area contributed by atoms with Crippen LogP contribution in [0.2, 0.25) is 0 Å². The molecule has 0 saturated carbocycles. The number of unbranched alkanes of at least 4 members (excludes halogenated alkanes) is 14. The number of carboxylic acid groups (broad SMARTS) is 1.